The van der Waals surface area contributed by atoms with Gasteiger partial charge in [0.1, 0.15) is 5.69 Å². The molecule has 0 aliphatic rings. The number of carbonyl (C=O) groups excluding carboxylic acids is 1. The van der Waals surface area contributed by atoms with Gasteiger partial charge in [0.25, 0.3) is 0 Å². The molecule has 3 aromatic heterocycles. The second-order valence-electron chi connectivity index (χ2n) is 7.88. The van der Waals surface area contributed by atoms with Crippen LogP contribution in [0, 0.1) is 0 Å². The third-order valence-electron chi connectivity index (χ3n) is 5.48. The van der Waals surface area contributed by atoms with Gasteiger partial charge < -0.3 is 15.6 Å². The predicted octanol–water partition coefficient (Wildman–Crippen LogP) is 5.70. The van der Waals surface area contributed by atoms with Crippen molar-refractivity contribution < 1.29 is 18.0 Å². The number of nitrogens with two attached hydrogens (primary N) is 1. The topological polar surface area (TPSA) is 98.7 Å². The van der Waals surface area contributed by atoms with Crippen molar-refractivity contribution in [2.24, 2.45) is 5.73 Å². The molecule has 0 bridgehead atoms. The lowest BCUT2D eigenvalue weighted by atomic mass is 9.98. The van der Waals surface area contributed by atoms with E-state index in [1.54, 1.807) is 53.8 Å². The largest absolute Gasteiger partial charge is 0.433 e. The van der Waals surface area contributed by atoms with Crippen molar-refractivity contribution in [3.8, 4) is 28.1 Å². The second kappa shape index (κ2) is 10.9. The lowest BCUT2D eigenvalue weighted by Crippen LogP contribution is -2.09. The van der Waals surface area contributed by atoms with Gasteiger partial charge in [0.15, 0.2) is 0 Å². The second-order valence-corrected chi connectivity index (χ2v) is 7.88. The van der Waals surface area contributed by atoms with E-state index in [2.05, 4.69) is 26.0 Å². The van der Waals surface area contributed by atoms with Crippen LogP contribution in [0.25, 0.3) is 39.0 Å². The quantitative estimate of drug-likeness (QED) is 0.299. The van der Waals surface area contributed by atoms with Crippen LogP contribution in [-0.2, 0) is 11.0 Å². The molecule has 188 valence electrons. The zero-order chi connectivity index (χ0) is 26.4. The lowest BCUT2D eigenvalue weighted by molar-refractivity contribution is -0.140. The van der Waals surface area contributed by atoms with Crippen LogP contribution >= 0.6 is 0 Å². The number of primary amides is 1. The molecule has 2 aromatic carbocycles. The van der Waals surface area contributed by atoms with Crippen molar-refractivity contribution in [3.63, 3.8) is 0 Å². The van der Waals surface area contributed by atoms with Crippen molar-refractivity contribution in [3.05, 3.63) is 91.3 Å². The summed E-state index contributed by atoms with van der Waals surface area (Å²) in [5.41, 5.74) is 7.43. The summed E-state index contributed by atoms with van der Waals surface area (Å²) in [7, 11) is 0. The number of aromatic nitrogens is 4. The smallest absolute Gasteiger partial charge is 0.385 e. The van der Waals surface area contributed by atoms with Crippen molar-refractivity contribution in [2.45, 2.75) is 13.1 Å². The van der Waals surface area contributed by atoms with E-state index in [4.69, 9.17) is 4.79 Å². The Balaban J connectivity index is 0.00000102. The summed E-state index contributed by atoms with van der Waals surface area (Å²) in [5.74, 6) is 0. The zero-order valence-corrected chi connectivity index (χ0v) is 19.8. The number of nitrogens with one attached hydrogen (secondary N) is 1. The molecule has 5 rings (SSSR count). The molecule has 5 aromatic rings. The van der Waals surface area contributed by atoms with Gasteiger partial charge >= 0.3 is 6.18 Å². The summed E-state index contributed by atoms with van der Waals surface area (Å²) < 4.78 is 43.3. The molecule has 37 heavy (non-hydrogen) atoms. The van der Waals surface area contributed by atoms with Crippen molar-refractivity contribution >= 4 is 23.0 Å². The first-order chi connectivity index (χ1) is 17.9. The molecule has 3 N–H and O–H groups in total. The van der Waals surface area contributed by atoms with Crippen LogP contribution in [0.15, 0.2) is 85.6 Å². The first-order valence-corrected chi connectivity index (χ1v) is 11.3. The normalized spacial score (nSPS) is 11.0. The minimum Gasteiger partial charge on any atom is -0.385 e. The van der Waals surface area contributed by atoms with E-state index in [0.717, 1.165) is 17.3 Å². The highest BCUT2D eigenvalue weighted by atomic mass is 19.4. The van der Waals surface area contributed by atoms with Crippen LogP contribution in [0.4, 0.5) is 18.9 Å². The van der Waals surface area contributed by atoms with Gasteiger partial charge in [-0.2, -0.15) is 13.2 Å². The molecular weight excluding hydrogens is 481 g/mol. The first kappa shape index (κ1) is 25.4. The number of carbonyl (C=O) groups is 1. The van der Waals surface area contributed by atoms with E-state index in [1.165, 1.54) is 0 Å². The van der Waals surface area contributed by atoms with Crippen LogP contribution in [-0.4, -0.2) is 32.5 Å². The Morgan fingerprint density at radius 3 is 2.51 bits per heavy atom. The molecule has 0 unspecified atom stereocenters. The van der Waals surface area contributed by atoms with Gasteiger partial charge in [0.05, 0.1) is 23.2 Å². The predicted molar refractivity (Wildman–Crippen MR) is 137 cm³/mol. The van der Waals surface area contributed by atoms with Crippen molar-refractivity contribution in [1.82, 2.24) is 19.5 Å². The van der Waals surface area contributed by atoms with E-state index in [-0.39, 0.29) is 11.9 Å². The number of anilines is 1. The molecule has 0 atom stereocenters. The molecule has 0 saturated carbocycles. The number of alkyl halides is 3. The van der Waals surface area contributed by atoms with Crippen LogP contribution < -0.4 is 11.1 Å². The van der Waals surface area contributed by atoms with E-state index in [0.29, 0.717) is 34.4 Å². The molecule has 0 radical (unpaired) electrons. The van der Waals surface area contributed by atoms with Gasteiger partial charge in [-0.15, -0.1) is 0 Å². The number of hydrogen-bond acceptors (Lipinski definition) is 5. The van der Waals surface area contributed by atoms with Gasteiger partial charge in [-0.05, 0) is 54.4 Å². The summed E-state index contributed by atoms with van der Waals surface area (Å²) in [5, 5.41) is 3.83. The number of fused-ring (bicyclic) bond motifs is 1. The third kappa shape index (κ3) is 5.58. The van der Waals surface area contributed by atoms with Gasteiger partial charge in [-0.1, -0.05) is 24.3 Å². The number of imidazole rings is 1. The number of rotatable bonds is 5. The fourth-order valence-corrected chi connectivity index (χ4v) is 3.94. The minimum atomic E-state index is -4.59. The third-order valence-corrected chi connectivity index (χ3v) is 5.48. The molecular formula is C27H23F3N6O. The lowest BCUT2D eigenvalue weighted by Gasteiger charge is -2.15. The highest BCUT2D eigenvalue weighted by Crippen LogP contribution is 2.37. The van der Waals surface area contributed by atoms with Crippen molar-refractivity contribution in [1.29, 1.82) is 0 Å². The van der Waals surface area contributed by atoms with E-state index in [1.807, 2.05) is 37.3 Å². The molecule has 0 saturated heterocycles. The molecule has 1 amide bonds. The number of halogens is 3. The Hall–Kier alpha value is -4.73. The maximum absolute atomic E-state index is 13.9. The average Bonchev–Trinajstić information content (AvgIpc) is 3.39. The number of hydrogen-bond donors (Lipinski definition) is 2. The standard InChI is InChI=1S/C26H20F3N5.CH3NO/c1-2-31-19-8-3-6-17(12-19)21-13-24(26(27,28)29)33-25-20(21)9-4-10-23(25)34-15-22(32-16-34)18-7-5-11-30-14-18;2-1-3/h3-16,31H,2H2,1H3;1H,(H2,2,3). The fraction of sp³-hybridized carbons (Fsp3) is 0.111. The maximum atomic E-state index is 13.9. The van der Waals surface area contributed by atoms with E-state index >= 15 is 0 Å². The molecule has 7 nitrogen and oxygen atoms in total. The highest BCUT2D eigenvalue weighted by molar-refractivity contribution is 5.99. The van der Waals surface area contributed by atoms with Gasteiger partial charge in [-0.25, -0.2) is 9.97 Å². The molecule has 10 heteroatoms. The van der Waals surface area contributed by atoms with Crippen LogP contribution in [0.3, 0.4) is 0 Å². The molecule has 0 fully saturated rings. The van der Waals surface area contributed by atoms with Gasteiger partial charge in [-0.3, -0.25) is 9.78 Å². The van der Waals surface area contributed by atoms with Crippen LogP contribution in [0.2, 0.25) is 0 Å². The SMILES string of the molecule is CCNc1cccc(-c2cc(C(F)(F)F)nc3c(-n4cnc(-c5cccnc5)c4)cccc23)c1.NC=O. The van der Waals surface area contributed by atoms with Crippen molar-refractivity contribution in [2.75, 3.05) is 11.9 Å². The van der Waals surface area contributed by atoms with Crippen LogP contribution in [0.5, 0.6) is 0 Å². The monoisotopic (exact) mass is 504 g/mol. The zero-order valence-electron chi connectivity index (χ0n) is 19.8. The maximum Gasteiger partial charge on any atom is 0.433 e. The summed E-state index contributed by atoms with van der Waals surface area (Å²) in [6.45, 7) is 2.67. The number of para-hydroxylation sites is 1. The molecule has 0 spiro atoms. The summed E-state index contributed by atoms with van der Waals surface area (Å²) in [6.07, 6.45) is 2.35. The molecule has 0 aliphatic carbocycles. The van der Waals surface area contributed by atoms with E-state index in [9.17, 15) is 13.2 Å². The molecule has 3 heterocycles. The Labute approximate surface area is 210 Å². The minimum absolute atomic E-state index is 0.247. The number of amides is 1. The Morgan fingerprint density at radius 2 is 1.81 bits per heavy atom. The number of nitrogens with zero attached hydrogens (tertiary/aromatic N) is 4. The first-order valence-electron chi connectivity index (χ1n) is 11.3. The summed E-state index contributed by atoms with van der Waals surface area (Å²) >= 11 is 0. The molecule has 0 aliphatic heterocycles. The average molecular weight is 505 g/mol. The number of benzene rings is 2. The Morgan fingerprint density at radius 1 is 1.05 bits per heavy atom. The van der Waals surface area contributed by atoms with E-state index < -0.39 is 11.9 Å². The number of pyridine rings is 2. The van der Waals surface area contributed by atoms with Crippen LogP contribution in [0.1, 0.15) is 12.6 Å². The van der Waals surface area contributed by atoms with Gasteiger partial charge in [0.2, 0.25) is 6.41 Å². The fourth-order valence-electron chi connectivity index (χ4n) is 3.94. The highest BCUT2D eigenvalue weighted by Gasteiger charge is 2.34. The summed E-state index contributed by atoms with van der Waals surface area (Å²) in [4.78, 5) is 21.2. The Kier molecular flexibility index (Phi) is 7.47. The summed E-state index contributed by atoms with van der Waals surface area (Å²) in [6, 6.07) is 17.5. The Bertz CT molecular complexity index is 1520. The van der Waals surface area contributed by atoms with Gasteiger partial charge in [0, 0.05) is 41.8 Å².